The van der Waals surface area contributed by atoms with E-state index in [0.29, 0.717) is 24.1 Å². The Bertz CT molecular complexity index is 889. The molecule has 8 heteroatoms. The summed E-state index contributed by atoms with van der Waals surface area (Å²) >= 11 is 0. The van der Waals surface area contributed by atoms with E-state index in [1.807, 2.05) is 17.0 Å². The molecule has 7 rings (SSSR count). The van der Waals surface area contributed by atoms with E-state index in [1.165, 1.54) is 0 Å². The highest BCUT2D eigenvalue weighted by atomic mass is 16.6. The molecule has 0 radical (unpaired) electrons. The zero-order valence-electron chi connectivity index (χ0n) is 17.8. The molecule has 3 heterocycles. The summed E-state index contributed by atoms with van der Waals surface area (Å²) in [7, 11) is 0. The topological polar surface area (TPSA) is 115 Å². The first-order chi connectivity index (χ1) is 14.9. The van der Waals surface area contributed by atoms with Crippen LogP contribution in [0.15, 0.2) is 18.3 Å². The van der Waals surface area contributed by atoms with Crippen LogP contribution in [-0.4, -0.2) is 53.7 Å². The lowest BCUT2D eigenvalue weighted by Crippen LogP contribution is -2.59. The summed E-state index contributed by atoms with van der Waals surface area (Å²) in [6, 6.07) is 4.12. The van der Waals surface area contributed by atoms with Gasteiger partial charge in [-0.05, 0) is 68.4 Å². The summed E-state index contributed by atoms with van der Waals surface area (Å²) < 4.78 is 6.14. The number of likely N-dealkylation sites (tertiary alicyclic amines) is 1. The summed E-state index contributed by atoms with van der Waals surface area (Å²) in [6.45, 7) is 2.37. The fraction of sp³-hybridized carbons (Fsp3) is 0.696. The summed E-state index contributed by atoms with van der Waals surface area (Å²) in [5, 5.41) is 0. The Balaban J connectivity index is 1.12. The molecule has 8 nitrogen and oxygen atoms in total. The van der Waals surface area contributed by atoms with Crippen molar-refractivity contribution in [2.45, 2.75) is 50.7 Å². The molecule has 2 saturated heterocycles. The predicted molar refractivity (Wildman–Crippen MR) is 115 cm³/mol. The van der Waals surface area contributed by atoms with Gasteiger partial charge in [-0.25, -0.2) is 9.78 Å². The highest BCUT2D eigenvalue weighted by molar-refractivity contribution is 5.81. The first-order valence-corrected chi connectivity index (χ1v) is 11.7. The average Bonchev–Trinajstić information content (AvgIpc) is 3.32. The molecule has 2 aliphatic heterocycles. The third kappa shape index (κ3) is 2.97. The van der Waals surface area contributed by atoms with Gasteiger partial charge in [0.2, 0.25) is 5.91 Å². The molecule has 166 valence electrons. The van der Waals surface area contributed by atoms with Crippen LogP contribution in [0.25, 0.3) is 0 Å². The van der Waals surface area contributed by atoms with E-state index < -0.39 is 0 Å². The van der Waals surface area contributed by atoms with Gasteiger partial charge < -0.3 is 26.0 Å². The minimum atomic E-state index is -0.351. The molecule has 4 saturated carbocycles. The monoisotopic (exact) mass is 425 g/mol. The Morgan fingerprint density at radius 3 is 2.55 bits per heavy atom. The maximum atomic E-state index is 13.1. The van der Waals surface area contributed by atoms with Crippen molar-refractivity contribution in [1.82, 2.24) is 9.88 Å². The van der Waals surface area contributed by atoms with Crippen LogP contribution in [-0.2, 0) is 9.53 Å². The van der Waals surface area contributed by atoms with Gasteiger partial charge in [0.25, 0.3) is 0 Å². The quantitative estimate of drug-likeness (QED) is 0.765. The van der Waals surface area contributed by atoms with Crippen LogP contribution in [0.3, 0.4) is 0 Å². The number of carbonyl (C=O) groups is 2. The van der Waals surface area contributed by atoms with Gasteiger partial charge in [-0.3, -0.25) is 4.79 Å². The van der Waals surface area contributed by atoms with Gasteiger partial charge in [0.15, 0.2) is 0 Å². The molecule has 4 atom stereocenters. The molecule has 4 N–H and O–H groups in total. The molecule has 1 aromatic heterocycles. The van der Waals surface area contributed by atoms with E-state index >= 15 is 0 Å². The number of hydrogen-bond donors (Lipinski definition) is 2. The fourth-order valence-electron chi connectivity index (χ4n) is 7.63. The van der Waals surface area contributed by atoms with E-state index in [4.69, 9.17) is 16.2 Å². The summed E-state index contributed by atoms with van der Waals surface area (Å²) in [4.78, 5) is 34.0. The lowest BCUT2D eigenvalue weighted by Gasteiger charge is -2.58. The zero-order valence-corrected chi connectivity index (χ0v) is 17.8. The van der Waals surface area contributed by atoms with E-state index in [0.717, 1.165) is 57.4 Å². The number of nitrogens with two attached hydrogens (primary N) is 2. The number of aromatic nitrogens is 1. The maximum absolute atomic E-state index is 13.1. The van der Waals surface area contributed by atoms with Crippen LogP contribution in [0.5, 0.6) is 0 Å². The summed E-state index contributed by atoms with van der Waals surface area (Å²) in [5.41, 5.74) is 11.9. The molecule has 2 amide bonds. The van der Waals surface area contributed by atoms with E-state index in [1.54, 1.807) is 6.20 Å². The van der Waals surface area contributed by atoms with Crippen molar-refractivity contribution < 1.29 is 14.3 Å². The number of carbonyl (C=O) groups excluding carboxylic acids is 2. The number of ether oxygens (including phenoxy) is 1. The Labute approximate surface area is 182 Å². The van der Waals surface area contributed by atoms with Gasteiger partial charge in [-0.1, -0.05) is 0 Å². The number of fused-ring (bicyclic) bond motifs is 1. The average molecular weight is 426 g/mol. The Morgan fingerprint density at radius 1 is 1.10 bits per heavy atom. The van der Waals surface area contributed by atoms with E-state index in [9.17, 15) is 9.59 Å². The van der Waals surface area contributed by atoms with Crippen LogP contribution in [0.4, 0.5) is 16.3 Å². The number of rotatable bonds is 3. The minimum absolute atomic E-state index is 0.0631. The van der Waals surface area contributed by atoms with Gasteiger partial charge >= 0.3 is 6.09 Å². The van der Waals surface area contributed by atoms with Crippen molar-refractivity contribution in [3.05, 3.63) is 18.3 Å². The summed E-state index contributed by atoms with van der Waals surface area (Å²) in [6.07, 6.45) is 7.12. The third-order valence-corrected chi connectivity index (χ3v) is 8.82. The van der Waals surface area contributed by atoms with Crippen molar-refractivity contribution in [2.24, 2.45) is 34.8 Å². The third-order valence-electron chi connectivity index (χ3n) is 8.82. The highest BCUT2D eigenvalue weighted by Crippen LogP contribution is 2.60. The zero-order chi connectivity index (χ0) is 21.3. The second kappa shape index (κ2) is 6.74. The van der Waals surface area contributed by atoms with Crippen molar-refractivity contribution in [3.63, 3.8) is 0 Å². The first-order valence-electron chi connectivity index (χ1n) is 11.7. The van der Waals surface area contributed by atoms with Crippen LogP contribution >= 0.6 is 0 Å². The number of nitrogens with zero attached hydrogens (tertiary/aromatic N) is 3. The second-order valence-corrected chi connectivity index (χ2v) is 10.6. The standard InChI is InChI=1S/C23H31N5O3/c24-17-1-2-19(26-10-17)28-4-3-14-11-27(12-18(14)28)22(30)31-20-15-5-13-6-16(20)9-23(7-13,8-15)21(25)29/h1-2,10,13-16,18,20H,3-9,11-12,24H2,(H2,25,29). The number of anilines is 2. The van der Waals surface area contributed by atoms with Crippen LogP contribution < -0.4 is 16.4 Å². The molecule has 1 aromatic rings. The molecule has 0 spiro atoms. The predicted octanol–water partition coefficient (Wildman–Crippen LogP) is 1.99. The molecular formula is C23H31N5O3. The summed E-state index contributed by atoms with van der Waals surface area (Å²) in [5.74, 6) is 2.34. The van der Waals surface area contributed by atoms with Gasteiger partial charge in [-0.15, -0.1) is 0 Å². The smallest absolute Gasteiger partial charge is 0.410 e. The molecule has 4 aliphatic carbocycles. The Kier molecular flexibility index (Phi) is 4.17. The van der Waals surface area contributed by atoms with Gasteiger partial charge in [0.1, 0.15) is 11.9 Å². The van der Waals surface area contributed by atoms with E-state index in [2.05, 4.69) is 9.88 Å². The maximum Gasteiger partial charge on any atom is 0.410 e. The first kappa shape index (κ1) is 19.2. The van der Waals surface area contributed by atoms with Crippen LogP contribution in [0.1, 0.15) is 38.5 Å². The largest absolute Gasteiger partial charge is 0.446 e. The number of amides is 2. The van der Waals surface area contributed by atoms with Crippen molar-refractivity contribution in [2.75, 3.05) is 30.3 Å². The lowest BCUT2D eigenvalue weighted by molar-refractivity contribution is -0.161. The number of hydrogen-bond acceptors (Lipinski definition) is 6. The second-order valence-electron chi connectivity index (χ2n) is 10.6. The Morgan fingerprint density at radius 2 is 1.87 bits per heavy atom. The lowest BCUT2D eigenvalue weighted by atomic mass is 9.48. The number of primary amides is 1. The van der Waals surface area contributed by atoms with E-state index in [-0.39, 0.29) is 41.4 Å². The molecular weight excluding hydrogens is 394 g/mol. The molecule has 31 heavy (non-hydrogen) atoms. The van der Waals surface area contributed by atoms with Gasteiger partial charge in [-0.2, -0.15) is 0 Å². The molecule has 4 bridgehead atoms. The Hall–Kier alpha value is -2.51. The number of nitrogen functional groups attached to an aromatic ring is 1. The molecule has 6 aliphatic rings. The molecule has 0 aromatic carbocycles. The minimum Gasteiger partial charge on any atom is -0.446 e. The van der Waals surface area contributed by atoms with Crippen molar-refractivity contribution >= 4 is 23.5 Å². The van der Waals surface area contributed by atoms with Crippen molar-refractivity contribution in [3.8, 4) is 0 Å². The fourth-order valence-corrected chi connectivity index (χ4v) is 7.63. The normalized spacial score (nSPS) is 40.3. The SMILES string of the molecule is NC(=O)C12CC3CC(C1)C(OC(=O)N1CC4CCN(c5ccc(N)cn5)C4C1)C(C3)C2. The molecule has 6 fully saturated rings. The van der Waals surface area contributed by atoms with Crippen LogP contribution in [0.2, 0.25) is 0 Å². The molecule has 4 unspecified atom stereocenters. The number of pyridine rings is 1. The van der Waals surface area contributed by atoms with Crippen molar-refractivity contribution in [1.29, 1.82) is 0 Å². The van der Waals surface area contributed by atoms with Gasteiger partial charge in [0.05, 0.1) is 23.3 Å². The van der Waals surface area contributed by atoms with Crippen LogP contribution in [0, 0.1) is 29.1 Å². The van der Waals surface area contributed by atoms with Gasteiger partial charge in [0, 0.05) is 25.6 Å². The highest BCUT2D eigenvalue weighted by Gasteiger charge is 2.59.